The summed E-state index contributed by atoms with van der Waals surface area (Å²) in [6, 6.07) is 9.91. The van der Waals surface area contributed by atoms with Crippen LogP contribution in [0.3, 0.4) is 0 Å². The molecule has 1 fully saturated rings. The number of carbonyl (C=O) groups is 2. The van der Waals surface area contributed by atoms with Crippen LogP contribution in [-0.4, -0.2) is 72.2 Å². The lowest BCUT2D eigenvalue weighted by Crippen LogP contribution is -2.52. The average Bonchev–Trinajstić information content (AvgIpc) is 2.96. The predicted octanol–water partition coefficient (Wildman–Crippen LogP) is 4.26. The fraction of sp³-hybridized carbons (Fsp3) is 0.600. The molecule has 0 spiro atoms. The second-order valence-electron chi connectivity index (χ2n) is 10.2. The van der Waals surface area contributed by atoms with E-state index in [0.717, 1.165) is 24.0 Å². The third kappa shape index (κ3) is 13.7. The molecule has 1 amide bonds. The van der Waals surface area contributed by atoms with Crippen molar-refractivity contribution in [1.82, 2.24) is 21.1 Å². The largest absolute Gasteiger partial charge is 0.493 e. The quantitative estimate of drug-likeness (QED) is 0.242. The molecule has 0 bridgehead atoms. The average molecular weight is 579 g/mol. The van der Waals surface area contributed by atoms with E-state index in [1.54, 1.807) is 11.8 Å². The first-order valence-electron chi connectivity index (χ1n) is 14.4. The van der Waals surface area contributed by atoms with Gasteiger partial charge in [0.2, 0.25) is 5.88 Å². The SMILES string of the molecule is CC.CC(C)(C)OC(=O)N1CCCC(NC2=C(COCc3ccccc3)C(CCCO)=C(O)NN2)C1.CCOC=O. The molecule has 3 rings (SSSR count). The molecule has 232 valence electrons. The summed E-state index contributed by atoms with van der Waals surface area (Å²) >= 11 is 0. The first-order chi connectivity index (χ1) is 19.7. The number of aliphatic hydroxyl groups excluding tert-OH is 2. The number of rotatable bonds is 11. The number of amides is 1. The molecule has 1 unspecified atom stereocenters. The van der Waals surface area contributed by atoms with Gasteiger partial charge in [-0.3, -0.25) is 15.6 Å². The van der Waals surface area contributed by atoms with Crippen molar-refractivity contribution in [2.75, 3.05) is 32.9 Å². The molecular weight excluding hydrogens is 528 g/mol. The summed E-state index contributed by atoms with van der Waals surface area (Å²) in [4.78, 5) is 23.5. The Morgan fingerprint density at radius 3 is 2.44 bits per heavy atom. The zero-order valence-electron chi connectivity index (χ0n) is 25.5. The number of aliphatic hydroxyl groups is 2. The maximum Gasteiger partial charge on any atom is 0.410 e. The van der Waals surface area contributed by atoms with Crippen LogP contribution in [0.25, 0.3) is 0 Å². The van der Waals surface area contributed by atoms with E-state index in [9.17, 15) is 19.8 Å². The topological polar surface area (TPSA) is 142 Å². The van der Waals surface area contributed by atoms with Gasteiger partial charge in [-0.25, -0.2) is 4.79 Å². The number of hydrogen-bond donors (Lipinski definition) is 5. The number of nitrogens with zero attached hydrogens (tertiary/aromatic N) is 1. The van der Waals surface area contributed by atoms with Crippen molar-refractivity contribution in [1.29, 1.82) is 0 Å². The van der Waals surface area contributed by atoms with E-state index in [2.05, 4.69) is 20.9 Å². The highest BCUT2D eigenvalue weighted by Gasteiger charge is 2.29. The number of piperidine rings is 1. The predicted molar refractivity (Wildman–Crippen MR) is 158 cm³/mol. The Bertz CT molecular complexity index is 961. The van der Waals surface area contributed by atoms with Crippen LogP contribution in [0.4, 0.5) is 4.79 Å². The van der Waals surface area contributed by atoms with Crippen molar-refractivity contribution in [2.24, 2.45) is 0 Å². The molecule has 1 aromatic carbocycles. The van der Waals surface area contributed by atoms with Crippen molar-refractivity contribution in [2.45, 2.75) is 85.5 Å². The van der Waals surface area contributed by atoms with Crippen LogP contribution in [0.15, 0.2) is 53.2 Å². The van der Waals surface area contributed by atoms with Crippen LogP contribution >= 0.6 is 0 Å². The van der Waals surface area contributed by atoms with Gasteiger partial charge in [0.15, 0.2) is 0 Å². The fourth-order valence-corrected chi connectivity index (χ4v) is 4.08. The third-order valence-electron chi connectivity index (χ3n) is 5.86. The van der Waals surface area contributed by atoms with Crippen molar-refractivity contribution in [3.05, 3.63) is 58.7 Å². The molecule has 41 heavy (non-hydrogen) atoms. The standard InChI is InChI=1S/C25H38N4O5.C3H6O2.C2H6/c1-25(2,3)34-24(32)29-13-7-11-19(15-29)26-22-21(17-33-16-18-9-5-4-6-10-18)20(12-8-14-30)23(31)28-27-22;1-2-5-3-4;1-2/h4-6,9-10,19,26-28,30-31H,7-8,11-17H2,1-3H3;3H,2H2,1H3;1-2H3. The first kappa shape index (κ1) is 35.6. The molecule has 0 aromatic heterocycles. The van der Waals surface area contributed by atoms with E-state index < -0.39 is 5.60 Å². The van der Waals surface area contributed by atoms with Gasteiger partial charge in [0.25, 0.3) is 6.47 Å². The van der Waals surface area contributed by atoms with Gasteiger partial charge in [-0.15, -0.1) is 0 Å². The van der Waals surface area contributed by atoms with Gasteiger partial charge >= 0.3 is 6.09 Å². The van der Waals surface area contributed by atoms with Gasteiger partial charge in [-0.2, -0.15) is 0 Å². The van der Waals surface area contributed by atoms with Gasteiger partial charge in [0, 0.05) is 36.9 Å². The maximum atomic E-state index is 12.6. The minimum Gasteiger partial charge on any atom is -0.493 e. The molecule has 2 heterocycles. The second kappa shape index (κ2) is 19.6. The highest BCUT2D eigenvalue weighted by atomic mass is 16.6. The lowest BCUT2D eigenvalue weighted by Gasteiger charge is -2.36. The number of ether oxygens (including phenoxy) is 3. The normalized spacial score (nSPS) is 16.7. The lowest BCUT2D eigenvalue weighted by atomic mass is 9.99. The summed E-state index contributed by atoms with van der Waals surface area (Å²) < 4.78 is 15.7. The molecule has 0 aliphatic carbocycles. The monoisotopic (exact) mass is 578 g/mol. The van der Waals surface area contributed by atoms with Crippen molar-refractivity contribution >= 4 is 12.6 Å². The number of hydrogen-bond acceptors (Lipinski definition) is 10. The van der Waals surface area contributed by atoms with Crippen LogP contribution in [0.1, 0.15) is 72.8 Å². The van der Waals surface area contributed by atoms with E-state index in [4.69, 9.17) is 9.47 Å². The highest BCUT2D eigenvalue weighted by Crippen LogP contribution is 2.25. The number of hydrazine groups is 1. The zero-order chi connectivity index (χ0) is 30.7. The van der Waals surface area contributed by atoms with Crippen molar-refractivity contribution in [3.8, 4) is 0 Å². The summed E-state index contributed by atoms with van der Waals surface area (Å²) in [5.41, 5.74) is 7.86. The Hall–Kier alpha value is -3.44. The summed E-state index contributed by atoms with van der Waals surface area (Å²) in [5, 5.41) is 23.3. The number of likely N-dealkylation sites (tertiary alicyclic amines) is 1. The molecule has 2 aliphatic rings. The van der Waals surface area contributed by atoms with Crippen LogP contribution < -0.4 is 16.2 Å². The van der Waals surface area contributed by atoms with E-state index in [0.29, 0.717) is 57.0 Å². The number of benzene rings is 1. The van der Waals surface area contributed by atoms with Gasteiger partial charge in [-0.1, -0.05) is 44.2 Å². The minimum atomic E-state index is -0.540. The van der Waals surface area contributed by atoms with Crippen LogP contribution in [0, 0.1) is 0 Å². The van der Waals surface area contributed by atoms with E-state index in [1.807, 2.05) is 65.0 Å². The molecule has 1 aromatic rings. The highest BCUT2D eigenvalue weighted by molar-refractivity contribution is 5.68. The zero-order valence-corrected chi connectivity index (χ0v) is 25.5. The molecule has 11 nitrogen and oxygen atoms in total. The van der Waals surface area contributed by atoms with Gasteiger partial charge in [0.1, 0.15) is 11.4 Å². The molecule has 1 atom stereocenters. The molecule has 5 N–H and O–H groups in total. The molecule has 11 heteroatoms. The summed E-state index contributed by atoms with van der Waals surface area (Å²) in [5.74, 6) is 0.728. The molecule has 1 saturated heterocycles. The fourth-order valence-electron chi connectivity index (χ4n) is 4.08. The molecule has 0 saturated carbocycles. The molecular formula is C30H50N4O7. The first-order valence-corrected chi connectivity index (χ1v) is 14.4. The smallest absolute Gasteiger partial charge is 0.410 e. The Kier molecular flexibility index (Phi) is 17.0. The van der Waals surface area contributed by atoms with Crippen LogP contribution in [0.5, 0.6) is 0 Å². The molecule has 0 radical (unpaired) electrons. The minimum absolute atomic E-state index is 0.00836. The Morgan fingerprint density at radius 2 is 1.85 bits per heavy atom. The summed E-state index contributed by atoms with van der Waals surface area (Å²) in [6.07, 6.45) is 2.46. The molecule has 2 aliphatic heterocycles. The van der Waals surface area contributed by atoms with Crippen LogP contribution in [0.2, 0.25) is 0 Å². The van der Waals surface area contributed by atoms with Gasteiger partial charge in [0.05, 0.1) is 19.8 Å². The summed E-state index contributed by atoms with van der Waals surface area (Å²) in [7, 11) is 0. The van der Waals surface area contributed by atoms with E-state index >= 15 is 0 Å². The Balaban J connectivity index is 0.00000108. The van der Waals surface area contributed by atoms with E-state index in [-0.39, 0.29) is 31.2 Å². The second-order valence-corrected chi connectivity index (χ2v) is 10.2. The van der Waals surface area contributed by atoms with Crippen molar-refractivity contribution in [3.63, 3.8) is 0 Å². The Morgan fingerprint density at radius 1 is 1.15 bits per heavy atom. The van der Waals surface area contributed by atoms with Gasteiger partial charge in [-0.05, 0) is 58.9 Å². The Labute approximate surface area is 244 Å². The van der Waals surface area contributed by atoms with E-state index in [1.165, 1.54) is 0 Å². The van der Waals surface area contributed by atoms with Crippen molar-refractivity contribution < 1.29 is 34.0 Å². The maximum absolute atomic E-state index is 12.6. The number of carbonyl (C=O) groups excluding carboxylic acids is 2. The van der Waals surface area contributed by atoms with Gasteiger partial charge < -0.3 is 34.6 Å². The van der Waals surface area contributed by atoms with Crippen LogP contribution in [-0.2, 0) is 25.6 Å². The summed E-state index contributed by atoms with van der Waals surface area (Å²) in [6.45, 7) is 14.2. The number of nitrogens with one attached hydrogen (secondary N) is 3. The third-order valence-corrected chi connectivity index (χ3v) is 5.86. The lowest BCUT2D eigenvalue weighted by molar-refractivity contribution is -0.128.